The Morgan fingerprint density at radius 1 is 1.32 bits per heavy atom. The standard InChI is InChI=1S/C24H38F2N4O9P2/c1-7-37-41(33,34)15-8-11-24(25,26)21-19(39-40(36-14-9-12-27)30(16(2)3)17(4)5)20(35-6)22(38-21)29-13-10-18(31)28-23(29)32/h10,13,16-17,20,22H,7-9,11,14-15H2,1-6H3,(H,33,34)(H,28,31,32)/t20?,22-,40?/m1/s1. The molecule has 1 aliphatic rings. The van der Waals surface area contributed by atoms with Crippen molar-refractivity contribution in [3.05, 3.63) is 44.6 Å². The lowest BCUT2D eigenvalue weighted by Crippen LogP contribution is -2.37. The number of hydrogen-bond acceptors (Lipinski definition) is 10. The summed E-state index contributed by atoms with van der Waals surface area (Å²) in [5.74, 6) is -5.13. The van der Waals surface area contributed by atoms with Gasteiger partial charge in [-0.15, -0.1) is 0 Å². The van der Waals surface area contributed by atoms with E-state index in [0.717, 1.165) is 16.8 Å². The van der Waals surface area contributed by atoms with Crippen molar-refractivity contribution in [2.24, 2.45) is 0 Å². The summed E-state index contributed by atoms with van der Waals surface area (Å²) in [7, 11) is -4.93. The van der Waals surface area contributed by atoms with Crippen molar-refractivity contribution in [1.82, 2.24) is 14.2 Å². The van der Waals surface area contributed by atoms with Crippen LogP contribution in [0.5, 0.6) is 0 Å². The molecule has 3 unspecified atom stereocenters. The maximum atomic E-state index is 15.8. The second kappa shape index (κ2) is 15.3. The van der Waals surface area contributed by atoms with Crippen molar-refractivity contribution in [3.63, 3.8) is 0 Å². The fourth-order valence-corrected chi connectivity index (χ4v) is 6.89. The Hall–Kier alpha value is -2.17. The molecular weight excluding hydrogens is 588 g/mol. The highest BCUT2D eigenvalue weighted by molar-refractivity contribution is 7.52. The molecule has 0 fully saturated rings. The highest BCUT2D eigenvalue weighted by Crippen LogP contribution is 2.54. The van der Waals surface area contributed by atoms with Crippen LogP contribution in [-0.4, -0.2) is 69.7 Å². The molecule has 0 aliphatic carbocycles. The smallest absolute Gasteiger partial charge is 0.331 e. The first-order chi connectivity index (χ1) is 19.2. The molecule has 1 aromatic rings. The van der Waals surface area contributed by atoms with E-state index in [9.17, 15) is 19.0 Å². The normalized spacial score (nSPS) is 19.9. The topological polar surface area (TPSA) is 165 Å². The largest absolute Gasteiger partial charge is 0.461 e. The van der Waals surface area contributed by atoms with Gasteiger partial charge in [-0.3, -0.25) is 18.9 Å². The van der Waals surface area contributed by atoms with Gasteiger partial charge < -0.3 is 27.9 Å². The maximum absolute atomic E-state index is 15.8. The van der Waals surface area contributed by atoms with E-state index in [1.54, 1.807) is 0 Å². The van der Waals surface area contributed by atoms with Gasteiger partial charge >= 0.3 is 27.7 Å². The Bertz CT molecular complexity index is 1240. The Labute approximate surface area is 238 Å². The molecular formula is C24H38F2N4O9P2. The number of halogens is 2. The van der Waals surface area contributed by atoms with E-state index < -0.39 is 76.1 Å². The quantitative estimate of drug-likeness (QED) is 0.188. The number of aromatic nitrogens is 2. The molecule has 0 aromatic carbocycles. The van der Waals surface area contributed by atoms with E-state index in [0.29, 0.717) is 0 Å². The predicted molar refractivity (Wildman–Crippen MR) is 146 cm³/mol. The van der Waals surface area contributed by atoms with Crippen LogP contribution < -0.4 is 11.2 Å². The van der Waals surface area contributed by atoms with E-state index in [1.165, 1.54) is 14.0 Å². The molecule has 17 heteroatoms. The number of nitrogens with zero attached hydrogens (tertiary/aromatic N) is 3. The molecule has 2 N–H and O–H groups in total. The number of allylic oxidation sites excluding steroid dienone is 1. The van der Waals surface area contributed by atoms with Crippen LogP contribution >= 0.6 is 16.1 Å². The van der Waals surface area contributed by atoms with Gasteiger partial charge in [0.15, 0.2) is 11.9 Å². The number of aromatic amines is 1. The zero-order chi connectivity index (χ0) is 31.0. The molecule has 1 aliphatic heterocycles. The minimum atomic E-state index is -4.06. The van der Waals surface area contributed by atoms with Gasteiger partial charge in [0.1, 0.15) is 0 Å². The first-order valence-corrected chi connectivity index (χ1v) is 15.9. The molecule has 2 heterocycles. The summed E-state index contributed by atoms with van der Waals surface area (Å²) in [6.07, 6.45) is -3.60. The average molecular weight is 627 g/mol. The molecule has 0 amide bonds. The van der Waals surface area contributed by atoms with Crippen molar-refractivity contribution in [2.75, 3.05) is 26.5 Å². The number of rotatable bonds is 17. The van der Waals surface area contributed by atoms with Gasteiger partial charge in [0.05, 0.1) is 31.9 Å². The molecule has 0 radical (unpaired) electrons. The van der Waals surface area contributed by atoms with E-state index in [1.807, 2.05) is 38.4 Å². The molecule has 0 bridgehead atoms. The Morgan fingerprint density at radius 3 is 2.51 bits per heavy atom. The summed E-state index contributed by atoms with van der Waals surface area (Å²) in [6, 6.07) is 2.66. The fraction of sp³-hybridized carbons (Fsp3) is 0.708. The van der Waals surface area contributed by atoms with Crippen LogP contribution in [0, 0.1) is 11.3 Å². The van der Waals surface area contributed by atoms with E-state index >= 15 is 8.78 Å². The summed E-state index contributed by atoms with van der Waals surface area (Å²) < 4.78 is 74.3. The molecule has 2 rings (SSSR count). The van der Waals surface area contributed by atoms with Crippen LogP contribution in [0.4, 0.5) is 8.78 Å². The SMILES string of the molecule is CCOP(=O)(O)CCCC(F)(F)C1=C(OP(OCCC#N)N(C(C)C)C(C)C)C(OC)[C@H](n2ccc(=O)[nH]c2=O)O1. The van der Waals surface area contributed by atoms with E-state index in [2.05, 4.69) is 4.98 Å². The number of nitriles is 1. The first kappa shape index (κ1) is 35.0. The molecule has 0 spiro atoms. The third-order valence-corrected chi connectivity index (χ3v) is 9.39. The number of alkyl halides is 2. The maximum Gasteiger partial charge on any atom is 0.331 e. The molecule has 1 aromatic heterocycles. The lowest BCUT2D eigenvalue weighted by Gasteiger charge is -2.36. The summed E-state index contributed by atoms with van der Waals surface area (Å²) in [4.78, 5) is 36.1. The summed E-state index contributed by atoms with van der Waals surface area (Å²) in [6.45, 7) is 8.87. The Balaban J connectivity index is 2.58. The average Bonchev–Trinajstić information content (AvgIpc) is 3.22. The molecule has 232 valence electrons. The summed E-state index contributed by atoms with van der Waals surface area (Å²) in [5, 5.41) is 9.00. The van der Waals surface area contributed by atoms with E-state index in [4.69, 9.17) is 28.3 Å². The third-order valence-electron chi connectivity index (χ3n) is 5.79. The zero-order valence-corrected chi connectivity index (χ0v) is 25.7. The summed E-state index contributed by atoms with van der Waals surface area (Å²) in [5.41, 5.74) is -1.63. The summed E-state index contributed by atoms with van der Waals surface area (Å²) >= 11 is 0. The third kappa shape index (κ3) is 9.41. The van der Waals surface area contributed by atoms with Gasteiger partial charge in [-0.05, 0) is 41.0 Å². The van der Waals surface area contributed by atoms with Gasteiger partial charge in [-0.25, -0.2) is 9.46 Å². The van der Waals surface area contributed by atoms with Crippen molar-refractivity contribution in [2.45, 2.75) is 84.2 Å². The monoisotopic (exact) mass is 626 g/mol. The highest BCUT2D eigenvalue weighted by Gasteiger charge is 2.52. The molecule has 0 saturated carbocycles. The van der Waals surface area contributed by atoms with Gasteiger partial charge in [0.25, 0.3) is 5.56 Å². The predicted octanol–water partition coefficient (Wildman–Crippen LogP) is 4.22. The second-order valence-corrected chi connectivity index (χ2v) is 13.0. The second-order valence-electron chi connectivity index (χ2n) is 9.60. The van der Waals surface area contributed by atoms with Crippen molar-refractivity contribution in [1.29, 1.82) is 5.26 Å². The number of methoxy groups -OCH3 is 1. The number of hydrogen-bond donors (Lipinski definition) is 2. The minimum absolute atomic E-state index is 0.0228. The molecule has 13 nitrogen and oxygen atoms in total. The lowest BCUT2D eigenvalue weighted by atomic mass is 10.1. The van der Waals surface area contributed by atoms with Crippen LogP contribution in [0.3, 0.4) is 0 Å². The van der Waals surface area contributed by atoms with Crippen LogP contribution in [0.1, 0.15) is 60.1 Å². The lowest BCUT2D eigenvalue weighted by molar-refractivity contribution is -0.0784. The number of H-pyrrole nitrogens is 1. The van der Waals surface area contributed by atoms with Crippen molar-refractivity contribution in [3.8, 4) is 6.07 Å². The molecule has 4 atom stereocenters. The van der Waals surface area contributed by atoms with Gasteiger partial charge in [0.2, 0.25) is 12.0 Å². The van der Waals surface area contributed by atoms with Gasteiger partial charge in [-0.1, -0.05) is 0 Å². The fourth-order valence-electron chi connectivity index (χ4n) is 4.16. The molecule has 41 heavy (non-hydrogen) atoms. The van der Waals surface area contributed by atoms with Crippen LogP contribution in [0.15, 0.2) is 33.4 Å². The number of nitrogens with one attached hydrogen (secondary N) is 1. The van der Waals surface area contributed by atoms with Crippen LogP contribution in [0.25, 0.3) is 0 Å². The van der Waals surface area contributed by atoms with Crippen molar-refractivity contribution >= 4 is 16.1 Å². The minimum Gasteiger partial charge on any atom is -0.461 e. The highest BCUT2D eigenvalue weighted by atomic mass is 31.2. The van der Waals surface area contributed by atoms with Crippen LogP contribution in [-0.2, 0) is 27.6 Å². The first-order valence-electron chi connectivity index (χ1n) is 13.0. The number of ether oxygens (including phenoxy) is 2. The van der Waals surface area contributed by atoms with Crippen molar-refractivity contribution < 1.29 is 41.3 Å². The Kier molecular flexibility index (Phi) is 13.1. The Morgan fingerprint density at radius 2 is 1.98 bits per heavy atom. The zero-order valence-electron chi connectivity index (χ0n) is 23.9. The van der Waals surface area contributed by atoms with Gasteiger partial charge in [0, 0.05) is 37.9 Å². The van der Waals surface area contributed by atoms with Crippen LogP contribution in [0.2, 0.25) is 0 Å². The van der Waals surface area contributed by atoms with E-state index in [-0.39, 0.29) is 31.7 Å². The molecule has 0 saturated heterocycles. The van der Waals surface area contributed by atoms with Gasteiger partial charge in [-0.2, -0.15) is 14.0 Å².